The second-order valence-electron chi connectivity index (χ2n) is 7.73. The molecule has 0 aliphatic heterocycles. The van der Waals surface area contributed by atoms with Gasteiger partial charge in [0.15, 0.2) is 11.5 Å². The van der Waals surface area contributed by atoms with Crippen LogP contribution in [0.3, 0.4) is 0 Å². The number of benzene rings is 1. The quantitative estimate of drug-likeness (QED) is 0.625. The molecule has 0 radical (unpaired) electrons. The van der Waals surface area contributed by atoms with Gasteiger partial charge in [0.25, 0.3) is 5.56 Å². The molecule has 1 aromatic carbocycles. The van der Waals surface area contributed by atoms with Crippen LogP contribution >= 0.6 is 0 Å². The van der Waals surface area contributed by atoms with Gasteiger partial charge in [0.1, 0.15) is 5.52 Å². The number of oxazole rings is 1. The lowest BCUT2D eigenvalue weighted by Gasteiger charge is -2.10. The summed E-state index contributed by atoms with van der Waals surface area (Å²) < 4.78 is 31.8. The van der Waals surface area contributed by atoms with E-state index < -0.39 is 11.3 Å². The van der Waals surface area contributed by atoms with Crippen molar-refractivity contribution in [2.24, 2.45) is 7.05 Å². The predicted molar refractivity (Wildman–Crippen MR) is 111 cm³/mol. The number of nitrogens with one attached hydrogen (secondary N) is 1. The van der Waals surface area contributed by atoms with Crippen molar-refractivity contribution in [2.45, 2.75) is 44.9 Å². The van der Waals surface area contributed by atoms with E-state index in [9.17, 15) is 13.6 Å². The minimum Gasteiger partial charge on any atom is -0.760 e. The molecule has 8 heteroatoms. The molecule has 1 aliphatic carbocycles. The zero-order valence-electron chi connectivity index (χ0n) is 16.6. The summed E-state index contributed by atoms with van der Waals surface area (Å²) in [7, 11) is 1.73. The van der Waals surface area contributed by atoms with Gasteiger partial charge in [-0.2, -0.15) is 0 Å². The number of aromatic nitrogens is 2. The SMILES string of the molecule is Cc1cc(-c2cc(CCNS(=O)[O-])cc3nc(C4CCCC4)oc23)cn(C)c1=O. The number of nitrogens with zero attached hydrogens (tertiary/aromatic N) is 2. The molecule has 0 spiro atoms. The minimum absolute atomic E-state index is 0.0347. The largest absolute Gasteiger partial charge is 0.760 e. The van der Waals surface area contributed by atoms with E-state index in [1.165, 1.54) is 12.8 Å². The molecule has 29 heavy (non-hydrogen) atoms. The first-order valence-corrected chi connectivity index (χ1v) is 10.9. The third-order valence-electron chi connectivity index (χ3n) is 5.58. The van der Waals surface area contributed by atoms with Crippen molar-refractivity contribution in [3.63, 3.8) is 0 Å². The van der Waals surface area contributed by atoms with Gasteiger partial charge in [-0.1, -0.05) is 12.8 Å². The summed E-state index contributed by atoms with van der Waals surface area (Å²) >= 11 is -2.29. The topological polar surface area (TPSA) is 100 Å². The summed E-state index contributed by atoms with van der Waals surface area (Å²) in [6.45, 7) is 2.10. The fourth-order valence-electron chi connectivity index (χ4n) is 4.12. The maximum atomic E-state index is 12.1. The van der Waals surface area contributed by atoms with Gasteiger partial charge in [0.05, 0.1) is 0 Å². The van der Waals surface area contributed by atoms with E-state index in [1.807, 2.05) is 18.2 Å². The normalized spacial score (nSPS) is 16.0. The Hall–Kier alpha value is -2.29. The number of hydrogen-bond acceptors (Lipinski definition) is 5. The molecule has 1 fully saturated rings. The van der Waals surface area contributed by atoms with Crippen molar-refractivity contribution in [1.82, 2.24) is 14.3 Å². The highest BCUT2D eigenvalue weighted by Crippen LogP contribution is 2.38. The van der Waals surface area contributed by atoms with Crippen LogP contribution in [0.2, 0.25) is 0 Å². The summed E-state index contributed by atoms with van der Waals surface area (Å²) in [6.07, 6.45) is 6.91. The fraction of sp³-hybridized carbons (Fsp3) is 0.429. The molecule has 0 saturated heterocycles. The first-order chi connectivity index (χ1) is 13.9. The molecule has 0 bridgehead atoms. The maximum Gasteiger partial charge on any atom is 0.253 e. The van der Waals surface area contributed by atoms with Crippen LogP contribution in [0.1, 0.15) is 48.6 Å². The van der Waals surface area contributed by atoms with Gasteiger partial charge in [-0.25, -0.2) is 9.71 Å². The van der Waals surface area contributed by atoms with Gasteiger partial charge in [-0.05, 0) is 49.9 Å². The molecular formula is C21H24N3O4S-. The molecule has 0 amide bonds. The Kier molecular flexibility index (Phi) is 5.67. The second kappa shape index (κ2) is 8.22. The van der Waals surface area contributed by atoms with Gasteiger partial charge in [-0.15, -0.1) is 0 Å². The van der Waals surface area contributed by atoms with Gasteiger partial charge < -0.3 is 13.5 Å². The smallest absolute Gasteiger partial charge is 0.253 e. The zero-order chi connectivity index (χ0) is 20.5. The van der Waals surface area contributed by atoms with E-state index >= 15 is 0 Å². The van der Waals surface area contributed by atoms with Crippen LogP contribution in [0, 0.1) is 6.92 Å². The van der Waals surface area contributed by atoms with Gasteiger partial charge in [0, 0.05) is 53.7 Å². The monoisotopic (exact) mass is 414 g/mol. The Labute approximate surface area is 171 Å². The molecule has 154 valence electrons. The molecule has 1 saturated carbocycles. The van der Waals surface area contributed by atoms with Crippen LogP contribution < -0.4 is 10.3 Å². The van der Waals surface area contributed by atoms with Gasteiger partial charge in [0.2, 0.25) is 0 Å². The van der Waals surface area contributed by atoms with Crippen LogP contribution in [-0.4, -0.2) is 24.9 Å². The van der Waals surface area contributed by atoms with Gasteiger partial charge in [-0.3, -0.25) is 9.00 Å². The lowest BCUT2D eigenvalue weighted by molar-refractivity contribution is 0.474. The van der Waals surface area contributed by atoms with Crippen molar-refractivity contribution < 1.29 is 13.2 Å². The number of pyridine rings is 1. The van der Waals surface area contributed by atoms with Crippen molar-refractivity contribution in [1.29, 1.82) is 0 Å². The van der Waals surface area contributed by atoms with Crippen LogP contribution in [-0.2, 0) is 24.7 Å². The Morgan fingerprint density at radius 1 is 1.31 bits per heavy atom. The van der Waals surface area contributed by atoms with Crippen LogP contribution in [0.5, 0.6) is 0 Å². The molecule has 4 rings (SSSR count). The van der Waals surface area contributed by atoms with Crippen molar-refractivity contribution in [3.05, 3.63) is 51.8 Å². The zero-order valence-corrected chi connectivity index (χ0v) is 17.4. The number of aryl methyl sites for hydroxylation is 2. The lowest BCUT2D eigenvalue weighted by Crippen LogP contribution is -2.19. The van der Waals surface area contributed by atoms with E-state index in [-0.39, 0.29) is 5.56 Å². The van der Waals surface area contributed by atoms with E-state index in [0.29, 0.717) is 30.0 Å². The lowest BCUT2D eigenvalue weighted by atomic mass is 10.0. The van der Waals surface area contributed by atoms with Crippen molar-refractivity contribution in [3.8, 4) is 11.1 Å². The Balaban J connectivity index is 1.82. The number of fused-ring (bicyclic) bond motifs is 1. The molecule has 2 aromatic heterocycles. The summed E-state index contributed by atoms with van der Waals surface area (Å²) in [4.78, 5) is 16.9. The average Bonchev–Trinajstić information content (AvgIpc) is 3.34. The third kappa shape index (κ3) is 4.19. The molecular weight excluding hydrogens is 390 g/mol. The van der Waals surface area contributed by atoms with Crippen molar-refractivity contribution >= 4 is 22.4 Å². The molecule has 7 nitrogen and oxygen atoms in total. The first kappa shape index (κ1) is 20.0. The standard InChI is InChI=1S/C21H25N3O4S/c1-13-9-16(12-24(2)21(13)25)17-10-14(7-8-22-29(26)27)11-18-19(17)28-20(23-18)15-5-3-4-6-15/h9-12,15,22H,3-8H2,1-2H3,(H,26,27)/p-1. The van der Waals surface area contributed by atoms with E-state index in [0.717, 1.165) is 40.9 Å². The predicted octanol–water partition coefficient (Wildman–Crippen LogP) is 3.09. The highest BCUT2D eigenvalue weighted by molar-refractivity contribution is 7.77. The van der Waals surface area contributed by atoms with E-state index in [1.54, 1.807) is 24.7 Å². The van der Waals surface area contributed by atoms with Gasteiger partial charge >= 0.3 is 0 Å². The maximum absolute atomic E-state index is 12.1. The molecule has 1 aliphatic rings. The van der Waals surface area contributed by atoms with E-state index in [4.69, 9.17) is 9.40 Å². The van der Waals surface area contributed by atoms with E-state index in [2.05, 4.69) is 4.72 Å². The summed E-state index contributed by atoms with van der Waals surface area (Å²) in [5.41, 5.74) is 4.82. The number of hydrogen-bond donors (Lipinski definition) is 1. The highest BCUT2D eigenvalue weighted by Gasteiger charge is 2.24. The number of rotatable bonds is 6. The summed E-state index contributed by atoms with van der Waals surface area (Å²) in [6, 6.07) is 5.83. The fourth-order valence-corrected chi connectivity index (χ4v) is 4.39. The van der Waals surface area contributed by atoms with Crippen LogP contribution in [0.15, 0.2) is 33.6 Å². The molecule has 1 unspecified atom stereocenters. The average molecular weight is 415 g/mol. The van der Waals surface area contributed by atoms with Crippen LogP contribution in [0.25, 0.3) is 22.2 Å². The highest BCUT2D eigenvalue weighted by atomic mass is 32.2. The Bertz CT molecular complexity index is 1100. The molecule has 2 heterocycles. The summed E-state index contributed by atoms with van der Waals surface area (Å²) in [5.74, 6) is 1.13. The van der Waals surface area contributed by atoms with Crippen molar-refractivity contribution in [2.75, 3.05) is 6.54 Å². The van der Waals surface area contributed by atoms with Crippen LogP contribution in [0.4, 0.5) is 0 Å². The second-order valence-corrected chi connectivity index (χ2v) is 8.49. The molecule has 3 aromatic rings. The summed E-state index contributed by atoms with van der Waals surface area (Å²) in [5, 5.41) is 0. The Morgan fingerprint density at radius 3 is 2.76 bits per heavy atom. The molecule has 1 atom stereocenters. The Morgan fingerprint density at radius 2 is 2.07 bits per heavy atom. The minimum atomic E-state index is -2.29. The molecule has 1 N–H and O–H groups in total. The third-order valence-corrected chi connectivity index (χ3v) is 6.02. The first-order valence-electron chi connectivity index (χ1n) is 9.86.